The van der Waals surface area contributed by atoms with E-state index in [1.807, 2.05) is 0 Å². The smallest absolute Gasteiger partial charge is 0.447 e. The number of hydrogen-bond acceptors (Lipinski definition) is 4. The van der Waals surface area contributed by atoms with Crippen LogP contribution in [0.3, 0.4) is 0 Å². The number of unbranched alkanes of at least 4 members (excludes halogenated alkanes) is 1. The second-order valence-electron chi connectivity index (χ2n) is 5.84. The third-order valence-electron chi connectivity index (χ3n) is 4.02. The fourth-order valence-corrected chi connectivity index (χ4v) is 2.55. The van der Waals surface area contributed by atoms with Gasteiger partial charge in [-0.05, 0) is 38.0 Å². The van der Waals surface area contributed by atoms with Crippen molar-refractivity contribution in [1.29, 1.82) is 0 Å². The first-order valence-corrected chi connectivity index (χ1v) is 8.44. The minimum absolute atomic E-state index is 0.0882. The van der Waals surface area contributed by atoms with Gasteiger partial charge in [-0.15, -0.1) is 0 Å². The second-order valence-corrected chi connectivity index (χ2v) is 5.84. The van der Waals surface area contributed by atoms with E-state index in [1.54, 1.807) is 0 Å². The minimum atomic E-state index is -0.824. The zero-order valence-electron chi connectivity index (χ0n) is 13.8. The van der Waals surface area contributed by atoms with E-state index in [0.29, 0.717) is 12.5 Å². The summed E-state index contributed by atoms with van der Waals surface area (Å²) in [5.74, 6) is 0.341. The van der Waals surface area contributed by atoms with E-state index >= 15 is 0 Å². The van der Waals surface area contributed by atoms with Crippen molar-refractivity contribution in [2.24, 2.45) is 16.1 Å². The highest BCUT2D eigenvalue weighted by Gasteiger charge is 2.17. The molecule has 1 aliphatic rings. The van der Waals surface area contributed by atoms with Gasteiger partial charge >= 0.3 is 12.2 Å². The second kappa shape index (κ2) is 11.2. The van der Waals surface area contributed by atoms with E-state index in [1.165, 1.54) is 6.42 Å². The molecule has 1 atom stereocenters. The Labute approximate surface area is 132 Å². The van der Waals surface area contributed by atoms with Crippen LogP contribution >= 0.6 is 0 Å². The van der Waals surface area contributed by atoms with Gasteiger partial charge in [0.05, 0.1) is 6.61 Å². The van der Waals surface area contributed by atoms with Crippen molar-refractivity contribution >= 4 is 12.2 Å². The molecule has 0 aromatic heterocycles. The molecule has 0 bridgehead atoms. The maximum absolute atomic E-state index is 11.5. The van der Waals surface area contributed by atoms with Gasteiger partial charge in [-0.2, -0.15) is 0 Å². The Balaban J connectivity index is 2.23. The van der Waals surface area contributed by atoms with Crippen LogP contribution in [-0.4, -0.2) is 24.9 Å². The molecular weight excluding hydrogens is 284 g/mol. The third-order valence-corrected chi connectivity index (χ3v) is 4.02. The van der Waals surface area contributed by atoms with Crippen LogP contribution in [0.5, 0.6) is 0 Å². The lowest BCUT2D eigenvalue weighted by Crippen LogP contribution is -2.19. The summed E-state index contributed by atoms with van der Waals surface area (Å²) in [5, 5.41) is 6.54. The average Bonchev–Trinajstić information content (AvgIpc) is 2.54. The molecular formula is C16H28N2O4. The van der Waals surface area contributed by atoms with Gasteiger partial charge in [0.2, 0.25) is 0 Å². The molecule has 0 aromatic carbocycles. The highest BCUT2D eigenvalue weighted by Crippen LogP contribution is 2.20. The van der Waals surface area contributed by atoms with Gasteiger partial charge in [-0.3, -0.25) is 0 Å². The summed E-state index contributed by atoms with van der Waals surface area (Å²) >= 11 is 0. The molecule has 1 unspecified atom stereocenters. The van der Waals surface area contributed by atoms with Crippen molar-refractivity contribution in [1.82, 2.24) is 0 Å². The van der Waals surface area contributed by atoms with Crippen molar-refractivity contribution in [2.75, 3.05) is 6.61 Å². The van der Waals surface area contributed by atoms with E-state index in [4.69, 9.17) is 9.47 Å². The van der Waals surface area contributed by atoms with Crippen LogP contribution in [-0.2, 0) is 9.47 Å². The molecule has 0 saturated heterocycles. The van der Waals surface area contributed by atoms with E-state index in [-0.39, 0.29) is 6.10 Å². The normalized spacial score (nSPS) is 17.4. The Kier molecular flexibility index (Phi) is 9.42. The van der Waals surface area contributed by atoms with Crippen molar-refractivity contribution < 1.29 is 19.1 Å². The quantitative estimate of drug-likeness (QED) is 0.601. The van der Waals surface area contributed by atoms with Crippen LogP contribution in [0.25, 0.3) is 0 Å². The highest BCUT2D eigenvalue weighted by atomic mass is 16.6. The lowest BCUT2D eigenvalue weighted by molar-refractivity contribution is 0.0809. The Bertz CT molecular complexity index is 365. The average molecular weight is 312 g/mol. The maximum Gasteiger partial charge on any atom is 0.452 e. The molecule has 0 radical (unpaired) electrons. The summed E-state index contributed by atoms with van der Waals surface area (Å²) < 4.78 is 10.2. The Hall–Kier alpha value is -1.46. The highest BCUT2D eigenvalue weighted by molar-refractivity contribution is 5.73. The monoisotopic (exact) mass is 312 g/mol. The fraction of sp³-hybridized carbons (Fsp3) is 0.875. The van der Waals surface area contributed by atoms with Gasteiger partial charge in [-0.25, -0.2) is 9.59 Å². The van der Waals surface area contributed by atoms with E-state index in [2.05, 4.69) is 24.1 Å². The molecule has 0 aliphatic heterocycles. The number of carbonyl (C=O) groups excluding carboxylic acids is 2. The molecule has 2 amide bonds. The summed E-state index contributed by atoms with van der Waals surface area (Å²) in [5.41, 5.74) is 0. The van der Waals surface area contributed by atoms with E-state index in [9.17, 15) is 9.59 Å². The van der Waals surface area contributed by atoms with E-state index < -0.39 is 12.2 Å². The summed E-state index contributed by atoms with van der Waals surface area (Å²) in [4.78, 5) is 22.9. The number of amides is 2. The Morgan fingerprint density at radius 1 is 1.09 bits per heavy atom. The number of nitrogens with zero attached hydrogens (tertiary/aromatic N) is 2. The summed E-state index contributed by atoms with van der Waals surface area (Å²) in [7, 11) is 0. The van der Waals surface area contributed by atoms with Crippen LogP contribution < -0.4 is 0 Å². The molecule has 0 spiro atoms. The number of azo groups is 1. The van der Waals surface area contributed by atoms with Crippen LogP contribution in [0.4, 0.5) is 9.59 Å². The molecule has 0 aromatic rings. The standard InChI is InChI=1S/C16H28N2O4/c1-3-5-9-13(4-2)12-21-15(19)17-18-16(20)22-14-10-7-6-8-11-14/h13-14H,3-12H2,1-2H3/b18-17+. The lowest BCUT2D eigenvalue weighted by atomic mass is 9.98. The molecule has 0 N–H and O–H groups in total. The lowest BCUT2D eigenvalue weighted by Gasteiger charge is -2.20. The predicted molar refractivity (Wildman–Crippen MR) is 82.9 cm³/mol. The molecule has 1 saturated carbocycles. The summed E-state index contributed by atoms with van der Waals surface area (Å²) in [6.45, 7) is 4.52. The SMILES string of the molecule is CCCCC(CC)COC(=O)/N=N/C(=O)OC1CCCCC1. The van der Waals surface area contributed by atoms with Gasteiger partial charge < -0.3 is 9.47 Å². The number of ether oxygens (including phenoxy) is 2. The molecule has 126 valence electrons. The fourth-order valence-electron chi connectivity index (χ4n) is 2.55. The third kappa shape index (κ3) is 8.10. The topological polar surface area (TPSA) is 77.3 Å². The minimum Gasteiger partial charge on any atom is -0.447 e. The van der Waals surface area contributed by atoms with Gasteiger partial charge in [0, 0.05) is 0 Å². The largest absolute Gasteiger partial charge is 0.452 e. The number of carbonyl (C=O) groups is 2. The van der Waals surface area contributed by atoms with Crippen molar-refractivity contribution in [3.63, 3.8) is 0 Å². The van der Waals surface area contributed by atoms with Crippen LogP contribution in [0.2, 0.25) is 0 Å². The Morgan fingerprint density at radius 3 is 2.41 bits per heavy atom. The molecule has 22 heavy (non-hydrogen) atoms. The van der Waals surface area contributed by atoms with Crippen molar-refractivity contribution in [3.8, 4) is 0 Å². The first kappa shape index (κ1) is 18.6. The van der Waals surface area contributed by atoms with Crippen molar-refractivity contribution in [2.45, 2.75) is 77.7 Å². The molecule has 0 heterocycles. The van der Waals surface area contributed by atoms with Crippen LogP contribution in [0, 0.1) is 5.92 Å². The van der Waals surface area contributed by atoms with Crippen LogP contribution in [0.1, 0.15) is 71.6 Å². The first-order chi connectivity index (χ1) is 10.7. The first-order valence-electron chi connectivity index (χ1n) is 8.44. The number of hydrogen-bond donors (Lipinski definition) is 0. The van der Waals surface area contributed by atoms with Crippen LogP contribution in [0.15, 0.2) is 10.2 Å². The van der Waals surface area contributed by atoms with Gasteiger partial charge in [-0.1, -0.05) is 49.8 Å². The molecule has 1 aliphatic carbocycles. The maximum atomic E-state index is 11.5. The predicted octanol–water partition coefficient (Wildman–Crippen LogP) is 5.26. The molecule has 6 nitrogen and oxygen atoms in total. The molecule has 1 fully saturated rings. The summed E-state index contributed by atoms with van der Waals surface area (Å²) in [6.07, 6.45) is 7.53. The molecule has 1 rings (SSSR count). The van der Waals surface area contributed by atoms with E-state index in [0.717, 1.165) is 51.4 Å². The van der Waals surface area contributed by atoms with Gasteiger partial charge in [0.1, 0.15) is 6.10 Å². The van der Waals surface area contributed by atoms with Gasteiger partial charge in [0.25, 0.3) is 0 Å². The zero-order valence-corrected chi connectivity index (χ0v) is 13.8. The molecule has 6 heteroatoms. The number of rotatable bonds is 7. The zero-order chi connectivity index (χ0) is 16.2. The Morgan fingerprint density at radius 2 is 1.77 bits per heavy atom. The van der Waals surface area contributed by atoms with Crippen molar-refractivity contribution in [3.05, 3.63) is 0 Å². The summed E-state index contributed by atoms with van der Waals surface area (Å²) in [6, 6.07) is 0. The van der Waals surface area contributed by atoms with Gasteiger partial charge in [0.15, 0.2) is 0 Å².